The third-order valence-electron chi connectivity index (χ3n) is 5.91. The van der Waals surface area contributed by atoms with Crippen molar-refractivity contribution in [1.29, 1.82) is 0 Å². The molecule has 2 heterocycles. The van der Waals surface area contributed by atoms with Crippen LogP contribution >= 0.6 is 11.6 Å². The zero-order valence-electron chi connectivity index (χ0n) is 19.1. The van der Waals surface area contributed by atoms with E-state index in [0.717, 1.165) is 43.8 Å². The number of piperidine rings is 1. The average Bonchev–Trinajstić information content (AvgIpc) is 3.31. The minimum Gasteiger partial charge on any atom is -0.494 e. The van der Waals surface area contributed by atoms with Crippen LogP contribution in [0.25, 0.3) is 0 Å². The Morgan fingerprint density at radius 1 is 1.18 bits per heavy atom. The summed E-state index contributed by atoms with van der Waals surface area (Å²) in [5.41, 5.74) is 1.36. The van der Waals surface area contributed by atoms with Crippen LogP contribution in [-0.2, 0) is 13.1 Å². The number of benzene rings is 2. The van der Waals surface area contributed by atoms with Crippen LogP contribution in [0.2, 0.25) is 5.02 Å². The number of aliphatic hydroxyl groups is 1. The minimum absolute atomic E-state index is 0.229. The van der Waals surface area contributed by atoms with Gasteiger partial charge in [-0.15, -0.1) is 0 Å². The Morgan fingerprint density at radius 3 is 2.94 bits per heavy atom. The van der Waals surface area contributed by atoms with E-state index >= 15 is 0 Å². The van der Waals surface area contributed by atoms with Gasteiger partial charge in [0.15, 0.2) is 0 Å². The smallest absolute Gasteiger partial charge is 0.138 e. The molecule has 1 saturated heterocycles. The molecule has 4 rings (SSSR count). The Labute approximate surface area is 200 Å². The highest BCUT2D eigenvalue weighted by atomic mass is 35.5. The molecule has 1 aliphatic heterocycles. The van der Waals surface area contributed by atoms with Crippen molar-refractivity contribution in [3.63, 3.8) is 0 Å². The molecule has 1 fully saturated rings. The first-order valence-electron chi connectivity index (χ1n) is 11.5. The molecular weight excluding hydrogens is 438 g/mol. The van der Waals surface area contributed by atoms with Crippen molar-refractivity contribution in [1.82, 2.24) is 14.5 Å². The summed E-state index contributed by atoms with van der Waals surface area (Å²) in [5, 5.41) is 11.7. The Balaban J connectivity index is 1.27. The van der Waals surface area contributed by atoms with Gasteiger partial charge < -0.3 is 19.1 Å². The van der Waals surface area contributed by atoms with Gasteiger partial charge in [0.05, 0.1) is 18.0 Å². The lowest BCUT2D eigenvalue weighted by molar-refractivity contribution is -0.0621. The van der Waals surface area contributed by atoms with E-state index in [9.17, 15) is 5.11 Å². The second-order valence-electron chi connectivity index (χ2n) is 8.91. The molecule has 7 heteroatoms. The maximum absolute atomic E-state index is 11.2. The van der Waals surface area contributed by atoms with E-state index in [2.05, 4.69) is 22.0 Å². The lowest BCUT2D eigenvalue weighted by Gasteiger charge is -2.39. The standard InChI is InChI=1S/C26H32ClN3O3/c1-21-7-8-24(27)25(15-21)33-19-26(31)9-3-11-30(18-26)17-22-5-2-6-23(16-22)32-14-4-12-29-13-10-28-20-29/h2,5-8,10,13,15-16,20,31H,3-4,9,11-12,14,17-19H2,1H3/t26-/m0/s1. The molecule has 0 bridgehead atoms. The zero-order chi connectivity index (χ0) is 23.1. The first kappa shape index (κ1) is 23.6. The largest absolute Gasteiger partial charge is 0.494 e. The van der Waals surface area contributed by atoms with E-state index in [4.69, 9.17) is 21.1 Å². The first-order chi connectivity index (χ1) is 16.0. The number of ether oxygens (including phenoxy) is 2. The van der Waals surface area contributed by atoms with Gasteiger partial charge in [-0.25, -0.2) is 4.98 Å². The second-order valence-corrected chi connectivity index (χ2v) is 9.32. The van der Waals surface area contributed by atoms with E-state index in [-0.39, 0.29) is 6.61 Å². The first-order valence-corrected chi connectivity index (χ1v) is 11.9. The average molecular weight is 470 g/mol. The number of aromatic nitrogens is 2. The summed E-state index contributed by atoms with van der Waals surface area (Å²) in [5.74, 6) is 1.50. The molecule has 0 aliphatic carbocycles. The molecule has 0 amide bonds. The summed E-state index contributed by atoms with van der Waals surface area (Å²) in [6.45, 7) is 6.05. The molecule has 6 nitrogen and oxygen atoms in total. The highest BCUT2D eigenvalue weighted by Crippen LogP contribution is 2.29. The predicted octanol–water partition coefficient (Wildman–Crippen LogP) is 4.72. The van der Waals surface area contributed by atoms with Gasteiger partial charge in [-0.05, 0) is 68.1 Å². The van der Waals surface area contributed by atoms with Crippen LogP contribution in [0, 0.1) is 6.92 Å². The van der Waals surface area contributed by atoms with Crippen molar-refractivity contribution in [2.45, 2.75) is 44.9 Å². The number of halogens is 1. The van der Waals surface area contributed by atoms with Crippen LogP contribution < -0.4 is 9.47 Å². The molecule has 33 heavy (non-hydrogen) atoms. The van der Waals surface area contributed by atoms with Crippen LogP contribution in [0.4, 0.5) is 0 Å². The van der Waals surface area contributed by atoms with E-state index in [1.165, 1.54) is 5.56 Å². The van der Waals surface area contributed by atoms with Crippen LogP contribution in [-0.4, -0.2) is 51.5 Å². The van der Waals surface area contributed by atoms with Crippen molar-refractivity contribution in [2.75, 3.05) is 26.3 Å². The highest BCUT2D eigenvalue weighted by molar-refractivity contribution is 6.32. The molecule has 1 aromatic heterocycles. The van der Waals surface area contributed by atoms with Gasteiger partial charge in [-0.3, -0.25) is 4.90 Å². The van der Waals surface area contributed by atoms with Crippen molar-refractivity contribution in [3.05, 3.63) is 77.3 Å². The van der Waals surface area contributed by atoms with Crippen LogP contribution in [0.3, 0.4) is 0 Å². The molecule has 176 valence electrons. The third-order valence-corrected chi connectivity index (χ3v) is 6.22. The fraction of sp³-hybridized carbons (Fsp3) is 0.423. The summed E-state index contributed by atoms with van der Waals surface area (Å²) < 4.78 is 13.9. The summed E-state index contributed by atoms with van der Waals surface area (Å²) in [7, 11) is 0. The molecule has 2 aromatic carbocycles. The van der Waals surface area contributed by atoms with Crippen molar-refractivity contribution >= 4 is 11.6 Å². The lowest BCUT2D eigenvalue weighted by atomic mass is 9.93. The summed E-state index contributed by atoms with van der Waals surface area (Å²) in [4.78, 5) is 6.34. The normalized spacial score (nSPS) is 18.9. The minimum atomic E-state index is -0.896. The van der Waals surface area contributed by atoms with Gasteiger partial charge in [-0.2, -0.15) is 0 Å². The SMILES string of the molecule is Cc1ccc(Cl)c(OC[C@]2(O)CCCN(Cc3cccc(OCCCn4ccnc4)c3)C2)c1. The van der Waals surface area contributed by atoms with Gasteiger partial charge in [0.25, 0.3) is 0 Å². The van der Waals surface area contributed by atoms with Gasteiger partial charge in [0.1, 0.15) is 23.7 Å². The molecule has 1 atom stereocenters. The van der Waals surface area contributed by atoms with Gasteiger partial charge in [-0.1, -0.05) is 29.8 Å². The monoisotopic (exact) mass is 469 g/mol. The van der Waals surface area contributed by atoms with E-state index < -0.39 is 5.60 Å². The number of likely N-dealkylation sites (tertiary alicyclic amines) is 1. The fourth-order valence-electron chi connectivity index (χ4n) is 4.24. The number of nitrogens with zero attached hydrogens (tertiary/aromatic N) is 3. The Kier molecular flexibility index (Phi) is 7.91. The van der Waals surface area contributed by atoms with Crippen LogP contribution in [0.5, 0.6) is 11.5 Å². The van der Waals surface area contributed by atoms with Gasteiger partial charge in [0.2, 0.25) is 0 Å². The summed E-state index contributed by atoms with van der Waals surface area (Å²) in [6, 6.07) is 13.9. The number of hydrogen-bond donors (Lipinski definition) is 1. The fourth-order valence-corrected chi connectivity index (χ4v) is 4.41. The number of rotatable bonds is 10. The number of hydrogen-bond acceptors (Lipinski definition) is 5. The maximum atomic E-state index is 11.2. The predicted molar refractivity (Wildman–Crippen MR) is 130 cm³/mol. The molecule has 0 radical (unpaired) electrons. The quantitative estimate of drug-likeness (QED) is 0.435. The molecule has 1 aliphatic rings. The Bertz CT molecular complexity index is 1030. The van der Waals surface area contributed by atoms with E-state index in [1.54, 1.807) is 6.20 Å². The number of imidazole rings is 1. The Morgan fingerprint density at radius 2 is 2.09 bits per heavy atom. The summed E-state index contributed by atoms with van der Waals surface area (Å²) >= 11 is 6.25. The van der Waals surface area contributed by atoms with Crippen molar-refractivity contribution in [2.24, 2.45) is 0 Å². The second kappa shape index (κ2) is 11.1. The third kappa shape index (κ3) is 6.97. The number of β-amino-alcohol motifs (C(OH)–C–C–N with tert-alkyl or cyclic N) is 1. The van der Waals surface area contributed by atoms with Crippen molar-refractivity contribution in [3.8, 4) is 11.5 Å². The van der Waals surface area contributed by atoms with Crippen LogP contribution in [0.15, 0.2) is 61.2 Å². The van der Waals surface area contributed by atoms with E-state index in [1.807, 2.05) is 54.3 Å². The van der Waals surface area contributed by atoms with Crippen LogP contribution in [0.1, 0.15) is 30.4 Å². The van der Waals surface area contributed by atoms with Gasteiger partial charge >= 0.3 is 0 Å². The Hall–Kier alpha value is -2.54. The van der Waals surface area contributed by atoms with Crippen molar-refractivity contribution < 1.29 is 14.6 Å². The molecule has 1 N–H and O–H groups in total. The van der Waals surface area contributed by atoms with Gasteiger partial charge in [0, 0.05) is 32.0 Å². The maximum Gasteiger partial charge on any atom is 0.138 e. The molecule has 0 unspecified atom stereocenters. The zero-order valence-corrected chi connectivity index (χ0v) is 19.9. The summed E-state index contributed by atoms with van der Waals surface area (Å²) in [6.07, 6.45) is 8.13. The molecule has 3 aromatic rings. The molecule has 0 saturated carbocycles. The topological polar surface area (TPSA) is 59.8 Å². The van der Waals surface area contributed by atoms with E-state index in [0.29, 0.717) is 30.3 Å². The highest BCUT2D eigenvalue weighted by Gasteiger charge is 2.34. The molecule has 0 spiro atoms. The molecular formula is C26H32ClN3O3. The number of aryl methyl sites for hydroxylation is 2. The lowest BCUT2D eigenvalue weighted by Crippen LogP contribution is -2.51.